The van der Waals surface area contributed by atoms with Crippen LogP contribution in [0.4, 0.5) is 0 Å². The standard InChI is InChI=1S/C21H33N3O.2ClH/c22-20(19-10-5-2-6-11-19)16-21(25)24-13-7-12-23(14-15-24)17-18-8-3-1-4-9-18;;/h2,5-6,10-11,18,20H,1,3-4,7-9,12-17,22H2;2*1H. The minimum absolute atomic E-state index is 0. The number of nitrogens with zero attached hydrogens (tertiary/aromatic N) is 2. The van der Waals surface area contributed by atoms with E-state index in [-0.39, 0.29) is 36.8 Å². The van der Waals surface area contributed by atoms with Gasteiger partial charge >= 0.3 is 0 Å². The van der Waals surface area contributed by atoms with E-state index in [2.05, 4.69) is 4.90 Å². The van der Waals surface area contributed by atoms with E-state index in [1.165, 1.54) is 38.6 Å². The van der Waals surface area contributed by atoms with E-state index >= 15 is 0 Å². The Labute approximate surface area is 176 Å². The van der Waals surface area contributed by atoms with Crippen LogP contribution in [0.25, 0.3) is 0 Å². The van der Waals surface area contributed by atoms with Crippen molar-refractivity contribution >= 4 is 30.7 Å². The molecule has 1 atom stereocenters. The highest BCUT2D eigenvalue weighted by Crippen LogP contribution is 2.25. The van der Waals surface area contributed by atoms with E-state index in [1.54, 1.807) is 0 Å². The van der Waals surface area contributed by atoms with Gasteiger partial charge in [0.25, 0.3) is 0 Å². The molecule has 154 valence electrons. The van der Waals surface area contributed by atoms with Crippen LogP contribution in [0.3, 0.4) is 0 Å². The van der Waals surface area contributed by atoms with Gasteiger partial charge in [-0.05, 0) is 37.3 Å². The van der Waals surface area contributed by atoms with Gasteiger partial charge in [-0.3, -0.25) is 4.79 Å². The van der Waals surface area contributed by atoms with Crippen LogP contribution in [-0.2, 0) is 4.79 Å². The third-order valence-electron chi connectivity index (χ3n) is 5.80. The Morgan fingerprint density at radius 2 is 1.67 bits per heavy atom. The minimum Gasteiger partial charge on any atom is -0.341 e. The quantitative estimate of drug-likeness (QED) is 0.789. The lowest BCUT2D eigenvalue weighted by Crippen LogP contribution is -2.37. The van der Waals surface area contributed by atoms with Crippen molar-refractivity contribution in [3.8, 4) is 0 Å². The van der Waals surface area contributed by atoms with Gasteiger partial charge in [-0.25, -0.2) is 0 Å². The number of hydrogen-bond donors (Lipinski definition) is 1. The second-order valence-corrected chi connectivity index (χ2v) is 7.76. The summed E-state index contributed by atoms with van der Waals surface area (Å²) in [6, 6.07) is 9.76. The molecule has 27 heavy (non-hydrogen) atoms. The SMILES string of the molecule is Cl.Cl.NC(CC(=O)N1CCCN(CC2CCCCC2)CC1)c1ccccc1. The summed E-state index contributed by atoms with van der Waals surface area (Å²) in [5.74, 6) is 1.08. The maximum atomic E-state index is 12.7. The number of hydrogen-bond acceptors (Lipinski definition) is 3. The van der Waals surface area contributed by atoms with Crippen LogP contribution in [0, 0.1) is 5.92 Å². The van der Waals surface area contributed by atoms with Crippen molar-refractivity contribution in [1.82, 2.24) is 9.80 Å². The molecule has 3 rings (SSSR count). The van der Waals surface area contributed by atoms with Crippen molar-refractivity contribution in [2.75, 3.05) is 32.7 Å². The minimum atomic E-state index is -0.199. The number of carbonyl (C=O) groups excluding carboxylic acids is 1. The summed E-state index contributed by atoms with van der Waals surface area (Å²) >= 11 is 0. The van der Waals surface area contributed by atoms with E-state index < -0.39 is 0 Å². The average Bonchev–Trinajstić information content (AvgIpc) is 2.89. The monoisotopic (exact) mass is 415 g/mol. The van der Waals surface area contributed by atoms with Gasteiger partial charge in [0, 0.05) is 38.6 Å². The molecule has 1 saturated carbocycles. The molecule has 1 saturated heterocycles. The Morgan fingerprint density at radius 1 is 0.963 bits per heavy atom. The zero-order valence-electron chi connectivity index (χ0n) is 16.2. The molecule has 1 unspecified atom stereocenters. The average molecular weight is 416 g/mol. The molecule has 0 bridgehead atoms. The summed E-state index contributed by atoms with van der Waals surface area (Å²) in [6.07, 6.45) is 8.50. The highest BCUT2D eigenvalue weighted by atomic mass is 35.5. The third-order valence-corrected chi connectivity index (χ3v) is 5.80. The topological polar surface area (TPSA) is 49.6 Å². The lowest BCUT2D eigenvalue weighted by Gasteiger charge is -2.29. The third kappa shape index (κ3) is 7.61. The van der Waals surface area contributed by atoms with Crippen LogP contribution in [0.15, 0.2) is 30.3 Å². The fraction of sp³-hybridized carbons (Fsp3) is 0.667. The van der Waals surface area contributed by atoms with Crippen molar-refractivity contribution < 1.29 is 4.79 Å². The van der Waals surface area contributed by atoms with E-state index in [4.69, 9.17) is 5.73 Å². The lowest BCUT2D eigenvalue weighted by molar-refractivity contribution is -0.131. The van der Waals surface area contributed by atoms with Crippen LogP contribution < -0.4 is 5.73 Å². The van der Waals surface area contributed by atoms with Crippen LogP contribution >= 0.6 is 24.8 Å². The molecule has 0 spiro atoms. The summed E-state index contributed by atoms with van der Waals surface area (Å²) in [4.78, 5) is 17.3. The molecular formula is C21H35Cl2N3O. The highest BCUT2D eigenvalue weighted by Gasteiger charge is 2.23. The molecule has 2 aliphatic rings. The predicted octanol–water partition coefficient (Wildman–Crippen LogP) is 4.03. The van der Waals surface area contributed by atoms with Gasteiger partial charge in [-0.15, -0.1) is 24.8 Å². The predicted molar refractivity (Wildman–Crippen MR) is 117 cm³/mol. The Hall–Kier alpha value is -0.810. The first-order chi connectivity index (χ1) is 12.2. The van der Waals surface area contributed by atoms with Crippen molar-refractivity contribution in [2.24, 2.45) is 11.7 Å². The van der Waals surface area contributed by atoms with E-state index in [9.17, 15) is 4.79 Å². The van der Waals surface area contributed by atoms with Gasteiger partial charge in [0.1, 0.15) is 0 Å². The molecule has 0 aromatic heterocycles. The van der Waals surface area contributed by atoms with Crippen molar-refractivity contribution in [3.05, 3.63) is 35.9 Å². The fourth-order valence-corrected chi connectivity index (χ4v) is 4.27. The molecule has 1 aromatic rings. The summed E-state index contributed by atoms with van der Waals surface area (Å²) in [6.45, 7) is 5.11. The first kappa shape index (κ1) is 24.2. The first-order valence-electron chi connectivity index (χ1n) is 10.0. The number of benzene rings is 1. The second-order valence-electron chi connectivity index (χ2n) is 7.76. The molecule has 2 N–H and O–H groups in total. The summed E-state index contributed by atoms with van der Waals surface area (Å²) in [7, 11) is 0. The summed E-state index contributed by atoms with van der Waals surface area (Å²) in [5, 5.41) is 0. The summed E-state index contributed by atoms with van der Waals surface area (Å²) < 4.78 is 0. The second kappa shape index (κ2) is 12.6. The van der Waals surface area contributed by atoms with E-state index in [0.29, 0.717) is 6.42 Å². The van der Waals surface area contributed by atoms with Crippen molar-refractivity contribution in [1.29, 1.82) is 0 Å². The van der Waals surface area contributed by atoms with Gasteiger partial charge in [0.2, 0.25) is 5.91 Å². The van der Waals surface area contributed by atoms with Crippen molar-refractivity contribution in [2.45, 2.75) is 51.0 Å². The zero-order valence-corrected chi connectivity index (χ0v) is 17.9. The van der Waals surface area contributed by atoms with E-state index in [0.717, 1.165) is 44.1 Å². The fourth-order valence-electron chi connectivity index (χ4n) is 4.27. The van der Waals surface area contributed by atoms with Gasteiger partial charge in [0.15, 0.2) is 0 Å². The zero-order chi connectivity index (χ0) is 17.5. The van der Waals surface area contributed by atoms with Gasteiger partial charge in [-0.2, -0.15) is 0 Å². The van der Waals surface area contributed by atoms with Crippen molar-refractivity contribution in [3.63, 3.8) is 0 Å². The molecule has 1 amide bonds. The molecule has 0 radical (unpaired) electrons. The Kier molecular flexibility index (Phi) is 11.3. The molecular weight excluding hydrogens is 381 g/mol. The van der Waals surface area contributed by atoms with Crippen LogP contribution in [-0.4, -0.2) is 48.4 Å². The molecule has 2 fully saturated rings. The Balaban J connectivity index is 0.00000182. The maximum absolute atomic E-state index is 12.7. The lowest BCUT2D eigenvalue weighted by atomic mass is 9.89. The number of rotatable bonds is 5. The van der Waals surface area contributed by atoms with E-state index in [1.807, 2.05) is 35.2 Å². The maximum Gasteiger partial charge on any atom is 0.224 e. The molecule has 1 aliphatic carbocycles. The number of amides is 1. The highest BCUT2D eigenvalue weighted by molar-refractivity contribution is 5.85. The molecule has 1 heterocycles. The number of carbonyl (C=O) groups is 1. The van der Waals surface area contributed by atoms with Gasteiger partial charge in [0.05, 0.1) is 0 Å². The van der Waals surface area contributed by atoms with Gasteiger partial charge < -0.3 is 15.5 Å². The first-order valence-corrected chi connectivity index (χ1v) is 10.0. The number of nitrogens with two attached hydrogens (primary N) is 1. The normalized spacial score (nSPS) is 20.1. The molecule has 4 nitrogen and oxygen atoms in total. The number of halogens is 2. The van der Waals surface area contributed by atoms with Gasteiger partial charge in [-0.1, -0.05) is 49.6 Å². The van der Waals surface area contributed by atoms with Crippen LogP contribution in [0.5, 0.6) is 0 Å². The Morgan fingerprint density at radius 3 is 2.37 bits per heavy atom. The largest absolute Gasteiger partial charge is 0.341 e. The van der Waals surface area contributed by atoms with Crippen LogP contribution in [0.2, 0.25) is 0 Å². The summed E-state index contributed by atoms with van der Waals surface area (Å²) in [5.41, 5.74) is 7.28. The Bertz CT molecular complexity index is 537. The van der Waals surface area contributed by atoms with Crippen LogP contribution in [0.1, 0.15) is 56.6 Å². The molecule has 1 aliphatic heterocycles. The molecule has 1 aromatic carbocycles. The smallest absolute Gasteiger partial charge is 0.224 e. The molecule has 6 heteroatoms.